The third-order valence-electron chi connectivity index (χ3n) is 3.79. The van der Waals surface area contributed by atoms with Gasteiger partial charge in [-0.1, -0.05) is 97.0 Å². The summed E-state index contributed by atoms with van der Waals surface area (Å²) >= 11 is 0. The fourth-order valence-electron chi connectivity index (χ4n) is 2.30. The Kier molecular flexibility index (Phi) is 16.2. The average Bonchev–Trinajstić information content (AvgIpc) is 2.47. The van der Waals surface area contributed by atoms with Crippen molar-refractivity contribution in [1.82, 2.24) is 0 Å². The lowest BCUT2D eigenvalue weighted by atomic mass is 10.0. The highest BCUT2D eigenvalue weighted by molar-refractivity contribution is 8.10. The molecule has 0 saturated carbocycles. The van der Waals surface area contributed by atoms with Crippen LogP contribution in [0.25, 0.3) is 0 Å². The summed E-state index contributed by atoms with van der Waals surface area (Å²) in [5.41, 5.74) is 1.57. The van der Waals surface area contributed by atoms with Crippen LogP contribution in [0.15, 0.2) is 24.3 Å². The van der Waals surface area contributed by atoms with E-state index in [1.165, 1.54) is 57.8 Å². The van der Waals surface area contributed by atoms with Gasteiger partial charge in [0.1, 0.15) is 5.05 Å². The molecule has 0 fully saturated rings. The Morgan fingerprint density at radius 1 is 0.818 bits per heavy atom. The average molecular weight is 327 g/mol. The van der Waals surface area contributed by atoms with Gasteiger partial charge in [0.15, 0.2) is 0 Å². The van der Waals surface area contributed by atoms with Gasteiger partial charge >= 0.3 is 0 Å². The number of hydrogen-bond donors (Lipinski definition) is 1. The van der Waals surface area contributed by atoms with E-state index in [9.17, 15) is 5.11 Å². The van der Waals surface area contributed by atoms with Crippen LogP contribution in [0.3, 0.4) is 0 Å². The summed E-state index contributed by atoms with van der Waals surface area (Å²) in [5.74, 6) is 7.45. The minimum Gasteiger partial charge on any atom is -0.352 e. The van der Waals surface area contributed by atoms with Crippen LogP contribution in [0.1, 0.15) is 85.0 Å². The monoisotopic (exact) mass is 326 g/mol. The van der Waals surface area contributed by atoms with Crippen LogP contribution >= 0.6 is 9.66 Å². The second-order valence-electron chi connectivity index (χ2n) is 5.81. The predicted octanol–water partition coefficient (Wildman–Crippen LogP) is 6.87. The summed E-state index contributed by atoms with van der Waals surface area (Å²) in [6.45, 7) is 10.1. The van der Waals surface area contributed by atoms with E-state index in [0.29, 0.717) is 5.57 Å². The molecule has 0 heterocycles. The van der Waals surface area contributed by atoms with Crippen LogP contribution in [0, 0.1) is 0 Å². The standard InChI is InChI=1S/C19H34OS.CH4/c1-6-7-8-9-10-11-12-13-14-15-16-17(2)18(3)19(20)21(4)5;/h20H,2-16H2,1H3;1H4. The first kappa shape index (κ1) is 23.5. The summed E-state index contributed by atoms with van der Waals surface area (Å²) in [7, 11) is -0.615. The van der Waals surface area contributed by atoms with Crippen LogP contribution in [0.5, 0.6) is 0 Å². The van der Waals surface area contributed by atoms with Gasteiger partial charge in [0.2, 0.25) is 0 Å². The lowest BCUT2D eigenvalue weighted by Gasteiger charge is -2.08. The van der Waals surface area contributed by atoms with Crippen molar-refractivity contribution in [1.29, 1.82) is 0 Å². The molecule has 0 aliphatic heterocycles. The quantitative estimate of drug-likeness (QED) is 0.169. The lowest BCUT2D eigenvalue weighted by Crippen LogP contribution is -2.00. The van der Waals surface area contributed by atoms with Gasteiger partial charge in [-0.15, -0.1) is 0 Å². The highest BCUT2D eigenvalue weighted by Gasteiger charge is 2.03. The number of aliphatic hydroxyl groups excluding tert-OH is 1. The fraction of sp³-hybridized carbons (Fsp3) is 0.650. The molecule has 0 spiro atoms. The van der Waals surface area contributed by atoms with Crippen LogP contribution < -0.4 is 0 Å². The summed E-state index contributed by atoms with van der Waals surface area (Å²) in [6.07, 6.45) is 14.2. The molecule has 0 radical (unpaired) electrons. The Bertz CT molecular complexity index is 432. The summed E-state index contributed by atoms with van der Waals surface area (Å²) < 4.78 is 0. The molecule has 1 nitrogen and oxygen atoms in total. The van der Waals surface area contributed by atoms with Crippen molar-refractivity contribution in [3.05, 3.63) is 24.3 Å². The van der Waals surface area contributed by atoms with E-state index in [-0.39, 0.29) is 12.5 Å². The number of aliphatic hydroxyl groups is 1. The van der Waals surface area contributed by atoms with Crippen molar-refractivity contribution >= 4 is 26.5 Å². The van der Waals surface area contributed by atoms with Crippen molar-refractivity contribution in [2.75, 3.05) is 0 Å². The molecule has 130 valence electrons. The molecule has 0 aromatic heterocycles. The summed E-state index contributed by atoms with van der Waals surface area (Å²) in [6, 6.07) is 0. The lowest BCUT2D eigenvalue weighted by molar-refractivity contribution is 0.555. The van der Waals surface area contributed by atoms with E-state index >= 15 is 0 Å². The molecule has 0 aromatic rings. The maximum absolute atomic E-state index is 9.77. The molecule has 0 aromatic carbocycles. The van der Waals surface area contributed by atoms with Gasteiger partial charge in [0, 0.05) is 5.57 Å². The zero-order valence-electron chi connectivity index (χ0n) is 14.0. The van der Waals surface area contributed by atoms with Crippen molar-refractivity contribution in [2.45, 2.75) is 85.0 Å². The van der Waals surface area contributed by atoms with Crippen LogP contribution in [-0.4, -0.2) is 21.9 Å². The van der Waals surface area contributed by atoms with Gasteiger partial charge in [-0.05, 0) is 18.4 Å². The molecule has 1 N–H and O–H groups in total. The normalized spacial score (nSPS) is 9.91. The highest BCUT2D eigenvalue weighted by atomic mass is 32.1. The molecule has 0 amide bonds. The molecular formula is C20H38OS. The molecule has 0 aliphatic carbocycles. The molecule has 2 heteroatoms. The Morgan fingerprint density at radius 3 is 1.64 bits per heavy atom. The fourth-order valence-corrected chi connectivity index (χ4v) is 2.79. The molecule has 0 aliphatic rings. The van der Waals surface area contributed by atoms with Crippen molar-refractivity contribution in [3.8, 4) is 0 Å². The Balaban J connectivity index is 0. The minimum absolute atomic E-state index is 0. The third kappa shape index (κ3) is 11.9. The molecular weight excluding hydrogens is 288 g/mol. The smallest absolute Gasteiger partial charge is 0.123 e. The highest BCUT2D eigenvalue weighted by Crippen LogP contribution is 2.17. The molecule has 0 atom stereocenters. The maximum atomic E-state index is 9.77. The van der Waals surface area contributed by atoms with Crippen molar-refractivity contribution in [3.63, 3.8) is 0 Å². The Morgan fingerprint density at radius 2 is 1.23 bits per heavy atom. The van der Waals surface area contributed by atoms with Gasteiger partial charge in [-0.2, -0.15) is 9.66 Å². The minimum atomic E-state index is -0.615. The second kappa shape index (κ2) is 15.2. The first-order chi connectivity index (χ1) is 10.0. The topological polar surface area (TPSA) is 20.2 Å². The van der Waals surface area contributed by atoms with E-state index < -0.39 is 9.66 Å². The van der Waals surface area contributed by atoms with Crippen LogP contribution in [0.4, 0.5) is 0 Å². The summed E-state index contributed by atoms with van der Waals surface area (Å²) in [4.78, 5) is 0. The first-order valence-electron chi connectivity index (χ1n) is 8.27. The number of hydrogen-bond acceptors (Lipinski definition) is 0. The first-order valence-corrected chi connectivity index (χ1v) is 9.84. The van der Waals surface area contributed by atoms with Gasteiger partial charge in [-0.25, -0.2) is 0 Å². The molecule has 22 heavy (non-hydrogen) atoms. The molecule has 0 saturated heterocycles. The van der Waals surface area contributed by atoms with Crippen LogP contribution in [0.2, 0.25) is 0 Å². The molecule has 0 rings (SSSR count). The van der Waals surface area contributed by atoms with Gasteiger partial charge in [-0.3, -0.25) is 0 Å². The molecule has 0 unspecified atom stereocenters. The van der Waals surface area contributed by atoms with Crippen molar-refractivity contribution in [2.24, 2.45) is 0 Å². The van der Waals surface area contributed by atoms with E-state index in [1.54, 1.807) is 0 Å². The number of unbranched alkanes of at least 4 members (excludes halogenated alkanes) is 9. The maximum Gasteiger partial charge on any atom is 0.123 e. The SMILES string of the molecule is C.C=C(CCCCCCCCCCCC)C(=C)C(O)=S(=C)=C. The zero-order chi connectivity index (χ0) is 16.1. The zero-order valence-corrected chi connectivity index (χ0v) is 14.8. The van der Waals surface area contributed by atoms with Gasteiger partial charge in [0.25, 0.3) is 0 Å². The van der Waals surface area contributed by atoms with E-state index in [4.69, 9.17) is 0 Å². The number of rotatable bonds is 13. The van der Waals surface area contributed by atoms with E-state index in [1.807, 2.05) is 0 Å². The Hall–Kier alpha value is -0.730. The van der Waals surface area contributed by atoms with Crippen molar-refractivity contribution < 1.29 is 5.11 Å². The second-order valence-corrected chi connectivity index (χ2v) is 7.18. The van der Waals surface area contributed by atoms with Crippen LogP contribution in [-0.2, 0) is 0 Å². The molecule has 0 bridgehead atoms. The Labute approximate surface area is 141 Å². The predicted molar refractivity (Wildman–Crippen MR) is 111 cm³/mol. The van der Waals surface area contributed by atoms with E-state index in [0.717, 1.165) is 18.4 Å². The summed E-state index contributed by atoms with van der Waals surface area (Å²) in [5, 5.41) is 9.97. The third-order valence-corrected chi connectivity index (χ3v) is 4.58. The van der Waals surface area contributed by atoms with Gasteiger partial charge in [0.05, 0.1) is 0 Å². The van der Waals surface area contributed by atoms with E-state index in [2.05, 4.69) is 31.8 Å². The van der Waals surface area contributed by atoms with Gasteiger partial charge < -0.3 is 5.11 Å². The largest absolute Gasteiger partial charge is 0.352 e.